The Kier molecular flexibility index (Phi) is 5.32. The number of imide groups is 1. The zero-order valence-electron chi connectivity index (χ0n) is 12.4. The van der Waals surface area contributed by atoms with Gasteiger partial charge in [0.1, 0.15) is 0 Å². The number of benzene rings is 1. The van der Waals surface area contributed by atoms with Crippen molar-refractivity contribution >= 4 is 63.2 Å². The number of carbonyl (C=O) groups is 3. The number of fused-ring (bicyclic) bond motifs is 1. The molecule has 3 amide bonds. The smallest absolute Gasteiger partial charge is 0.288 e. The highest BCUT2D eigenvalue weighted by molar-refractivity contribution is 8.14. The lowest BCUT2D eigenvalue weighted by atomic mass is 10.3. The summed E-state index contributed by atoms with van der Waals surface area (Å²) in [6.45, 7) is 0.442. The number of aromatic nitrogens is 2. The monoisotopic (exact) mass is 384 g/mol. The number of nitrogens with one attached hydrogen (secondary N) is 2. The summed E-state index contributed by atoms with van der Waals surface area (Å²) in [6.07, 6.45) is 0. The van der Waals surface area contributed by atoms with E-state index < -0.39 is 0 Å². The van der Waals surface area contributed by atoms with Crippen LogP contribution in [0.5, 0.6) is 0 Å². The number of thioether (sulfide) groups is 2. The van der Waals surface area contributed by atoms with Gasteiger partial charge in [0.05, 0.1) is 22.5 Å². The van der Waals surface area contributed by atoms with Crippen LogP contribution in [0.15, 0.2) is 23.4 Å². The van der Waals surface area contributed by atoms with Gasteiger partial charge >= 0.3 is 0 Å². The molecule has 0 aliphatic carbocycles. The number of aromatic amines is 1. The summed E-state index contributed by atoms with van der Waals surface area (Å²) >= 11 is 8.17. The number of amides is 3. The number of rotatable bonds is 6. The minimum Gasteiger partial charge on any atom is -0.354 e. The van der Waals surface area contributed by atoms with Crippen molar-refractivity contribution in [2.24, 2.45) is 0 Å². The maximum atomic E-state index is 11.8. The molecule has 0 saturated carbocycles. The van der Waals surface area contributed by atoms with Gasteiger partial charge in [0.2, 0.25) is 11.8 Å². The average molecular weight is 385 g/mol. The lowest BCUT2D eigenvalue weighted by Crippen LogP contribution is -2.38. The van der Waals surface area contributed by atoms with Crippen molar-refractivity contribution in [2.75, 3.05) is 24.6 Å². The Morgan fingerprint density at radius 3 is 3.04 bits per heavy atom. The molecule has 126 valence electrons. The number of halogens is 1. The second kappa shape index (κ2) is 7.45. The van der Waals surface area contributed by atoms with Gasteiger partial charge in [0, 0.05) is 18.1 Å². The fourth-order valence-corrected chi connectivity index (χ4v) is 3.75. The van der Waals surface area contributed by atoms with E-state index in [1.165, 1.54) is 11.8 Å². The van der Waals surface area contributed by atoms with E-state index in [9.17, 15) is 14.4 Å². The van der Waals surface area contributed by atoms with Crippen LogP contribution in [0, 0.1) is 0 Å². The molecule has 1 aromatic heterocycles. The van der Waals surface area contributed by atoms with E-state index in [2.05, 4.69) is 15.3 Å². The third-order valence-corrected chi connectivity index (χ3v) is 5.23. The molecule has 1 aromatic carbocycles. The van der Waals surface area contributed by atoms with Crippen molar-refractivity contribution in [3.8, 4) is 0 Å². The van der Waals surface area contributed by atoms with Crippen LogP contribution in [0.25, 0.3) is 11.0 Å². The van der Waals surface area contributed by atoms with Crippen LogP contribution >= 0.6 is 35.1 Å². The molecule has 0 radical (unpaired) electrons. The molecule has 0 spiro atoms. The first-order chi connectivity index (χ1) is 11.5. The van der Waals surface area contributed by atoms with E-state index in [4.69, 9.17) is 11.6 Å². The van der Waals surface area contributed by atoms with Gasteiger partial charge in [-0.25, -0.2) is 4.98 Å². The van der Waals surface area contributed by atoms with Crippen LogP contribution < -0.4 is 5.32 Å². The first-order valence-corrected chi connectivity index (χ1v) is 9.40. The lowest BCUT2D eigenvalue weighted by molar-refractivity contribution is -0.125. The van der Waals surface area contributed by atoms with Crippen molar-refractivity contribution in [3.05, 3.63) is 23.2 Å². The molecule has 2 aromatic rings. The Morgan fingerprint density at radius 2 is 2.29 bits per heavy atom. The van der Waals surface area contributed by atoms with E-state index in [1.807, 2.05) is 0 Å². The second-order valence-electron chi connectivity index (χ2n) is 4.94. The number of carbonyl (C=O) groups excluding carboxylic acids is 3. The molecule has 3 rings (SSSR count). The number of H-pyrrole nitrogens is 1. The summed E-state index contributed by atoms with van der Waals surface area (Å²) in [5, 5.41) is 3.67. The topological polar surface area (TPSA) is 95.2 Å². The van der Waals surface area contributed by atoms with Crippen molar-refractivity contribution < 1.29 is 14.4 Å². The standard InChI is InChI=1S/C14H13ClN4O3S2/c15-8-1-2-9-10(5-8)18-13(17-9)23-6-11(20)16-3-4-19-12(21)7-24-14(19)22/h1-2,5H,3-4,6-7H2,(H,16,20)(H,17,18). The summed E-state index contributed by atoms with van der Waals surface area (Å²) in [6, 6.07) is 5.33. The fourth-order valence-electron chi connectivity index (χ4n) is 2.12. The molecule has 2 heterocycles. The third kappa shape index (κ3) is 4.03. The van der Waals surface area contributed by atoms with Crippen LogP contribution in [0.3, 0.4) is 0 Å². The Balaban J connectivity index is 1.45. The van der Waals surface area contributed by atoms with Gasteiger partial charge in [-0.2, -0.15) is 0 Å². The fraction of sp³-hybridized carbons (Fsp3) is 0.286. The molecular weight excluding hydrogens is 372 g/mol. The molecule has 2 N–H and O–H groups in total. The average Bonchev–Trinajstić information content (AvgIpc) is 3.09. The van der Waals surface area contributed by atoms with Crippen molar-refractivity contribution in [1.82, 2.24) is 20.2 Å². The number of hydrogen-bond donors (Lipinski definition) is 2. The first-order valence-electron chi connectivity index (χ1n) is 7.05. The predicted octanol–water partition coefficient (Wildman–Crippen LogP) is 2.12. The van der Waals surface area contributed by atoms with Crippen LogP contribution in [0.2, 0.25) is 5.02 Å². The highest BCUT2D eigenvalue weighted by atomic mass is 35.5. The molecule has 1 aliphatic heterocycles. The predicted molar refractivity (Wildman–Crippen MR) is 94.4 cm³/mol. The Bertz CT molecular complexity index is 794. The van der Waals surface area contributed by atoms with E-state index >= 15 is 0 Å². The summed E-state index contributed by atoms with van der Waals surface area (Å²) in [7, 11) is 0. The zero-order valence-corrected chi connectivity index (χ0v) is 14.8. The summed E-state index contributed by atoms with van der Waals surface area (Å²) in [4.78, 5) is 43.3. The zero-order chi connectivity index (χ0) is 17.1. The van der Waals surface area contributed by atoms with Crippen LogP contribution in [-0.4, -0.2) is 56.5 Å². The highest BCUT2D eigenvalue weighted by Crippen LogP contribution is 2.22. The minimum absolute atomic E-state index is 0.179. The second-order valence-corrected chi connectivity index (χ2v) is 7.27. The van der Waals surface area contributed by atoms with Crippen molar-refractivity contribution in [1.29, 1.82) is 0 Å². The number of hydrogen-bond acceptors (Lipinski definition) is 6. The summed E-state index contributed by atoms with van der Waals surface area (Å²) < 4.78 is 0. The molecule has 1 saturated heterocycles. The van der Waals surface area contributed by atoms with E-state index in [0.717, 1.165) is 27.7 Å². The van der Waals surface area contributed by atoms with Gasteiger partial charge in [-0.15, -0.1) is 0 Å². The maximum absolute atomic E-state index is 11.8. The molecule has 24 heavy (non-hydrogen) atoms. The molecule has 7 nitrogen and oxygen atoms in total. The Morgan fingerprint density at radius 1 is 1.46 bits per heavy atom. The van der Waals surface area contributed by atoms with Crippen molar-refractivity contribution in [3.63, 3.8) is 0 Å². The molecular formula is C14H13ClN4O3S2. The Labute approximate surface area is 150 Å². The van der Waals surface area contributed by atoms with Gasteiger partial charge in [-0.3, -0.25) is 19.3 Å². The normalized spacial score (nSPS) is 14.6. The van der Waals surface area contributed by atoms with Crippen LogP contribution in [0.4, 0.5) is 4.79 Å². The van der Waals surface area contributed by atoms with Gasteiger partial charge < -0.3 is 10.3 Å². The molecule has 10 heteroatoms. The molecule has 0 atom stereocenters. The van der Waals surface area contributed by atoms with Crippen LogP contribution in [-0.2, 0) is 9.59 Å². The molecule has 1 fully saturated rings. The maximum Gasteiger partial charge on any atom is 0.288 e. The van der Waals surface area contributed by atoms with Crippen LogP contribution in [0.1, 0.15) is 0 Å². The SMILES string of the molecule is O=C(CSc1nc2ccc(Cl)cc2[nH]1)NCCN1C(=O)CSC1=O. The molecule has 1 aliphatic rings. The van der Waals surface area contributed by atoms with Gasteiger partial charge in [-0.1, -0.05) is 35.1 Å². The van der Waals surface area contributed by atoms with Gasteiger partial charge in [-0.05, 0) is 18.2 Å². The van der Waals surface area contributed by atoms with Gasteiger partial charge in [0.25, 0.3) is 5.24 Å². The van der Waals surface area contributed by atoms with E-state index in [1.54, 1.807) is 18.2 Å². The number of nitrogens with zero attached hydrogens (tertiary/aromatic N) is 2. The third-order valence-electron chi connectivity index (χ3n) is 3.26. The summed E-state index contributed by atoms with van der Waals surface area (Å²) in [5.41, 5.74) is 1.60. The number of imidazole rings is 1. The molecule has 0 unspecified atom stereocenters. The Hall–Kier alpha value is -1.71. The first kappa shape index (κ1) is 17.1. The quantitative estimate of drug-likeness (QED) is 0.741. The van der Waals surface area contributed by atoms with E-state index in [-0.39, 0.29) is 41.6 Å². The van der Waals surface area contributed by atoms with Crippen molar-refractivity contribution in [2.45, 2.75) is 5.16 Å². The largest absolute Gasteiger partial charge is 0.354 e. The minimum atomic E-state index is -0.260. The molecule has 0 bridgehead atoms. The lowest BCUT2D eigenvalue weighted by Gasteiger charge is -2.12. The van der Waals surface area contributed by atoms with E-state index in [0.29, 0.717) is 10.2 Å². The summed E-state index contributed by atoms with van der Waals surface area (Å²) in [5.74, 6) is -0.0390. The van der Waals surface area contributed by atoms with Gasteiger partial charge in [0.15, 0.2) is 5.16 Å². The highest BCUT2D eigenvalue weighted by Gasteiger charge is 2.29.